The van der Waals surface area contributed by atoms with E-state index in [9.17, 15) is 13.2 Å². The Balaban J connectivity index is 0.00000280. The topological polar surface area (TPSA) is 114 Å². The molecule has 2 heterocycles. The molecule has 0 spiro atoms. The smallest absolute Gasteiger partial charge is 0.253 e. The van der Waals surface area contributed by atoms with Crippen LogP contribution in [0.15, 0.2) is 41.4 Å². The van der Waals surface area contributed by atoms with E-state index in [-0.39, 0.29) is 23.2 Å². The Morgan fingerprint density at radius 1 is 1.29 bits per heavy atom. The van der Waals surface area contributed by atoms with Crippen molar-refractivity contribution in [1.29, 1.82) is 0 Å². The van der Waals surface area contributed by atoms with Gasteiger partial charge in [-0.05, 0) is 24.6 Å². The van der Waals surface area contributed by atoms with Crippen molar-refractivity contribution in [1.82, 2.24) is 20.3 Å². The number of amides is 1. The lowest BCUT2D eigenvalue weighted by Gasteiger charge is -2.05. The third kappa shape index (κ3) is 4.86. The number of benzene rings is 1. The van der Waals surface area contributed by atoms with Gasteiger partial charge in [0.25, 0.3) is 5.91 Å². The molecule has 3 rings (SSSR count). The number of fused-ring (bicyclic) bond motifs is 1. The molecule has 0 bridgehead atoms. The number of nitrogens with one attached hydrogen (secondary N) is 2. The Labute approximate surface area is 169 Å². The van der Waals surface area contributed by atoms with Gasteiger partial charge in [-0.1, -0.05) is 12.1 Å². The summed E-state index contributed by atoms with van der Waals surface area (Å²) in [6.07, 6.45) is 3.38. The van der Waals surface area contributed by atoms with Gasteiger partial charge in [-0.15, -0.1) is 12.4 Å². The van der Waals surface area contributed by atoms with E-state index >= 15 is 0 Å². The quantitative estimate of drug-likeness (QED) is 0.562. The second-order valence-electron chi connectivity index (χ2n) is 6.04. The van der Waals surface area contributed by atoms with E-state index in [1.807, 2.05) is 0 Å². The second-order valence-corrected chi connectivity index (χ2v) is 8.06. The normalized spacial score (nSPS) is 11.2. The first-order valence-electron chi connectivity index (χ1n) is 8.32. The van der Waals surface area contributed by atoms with Crippen LogP contribution in [-0.2, 0) is 14.6 Å². The Morgan fingerprint density at radius 3 is 2.79 bits per heavy atom. The van der Waals surface area contributed by atoms with Gasteiger partial charge in [0.2, 0.25) is 0 Å². The zero-order chi connectivity index (χ0) is 19.4. The minimum Gasteiger partial charge on any atom is -0.385 e. The van der Waals surface area contributed by atoms with Gasteiger partial charge in [-0.25, -0.2) is 18.4 Å². The molecule has 2 aromatic heterocycles. The lowest BCUT2D eigenvalue weighted by molar-refractivity contribution is 0.0950. The predicted molar refractivity (Wildman–Crippen MR) is 109 cm³/mol. The van der Waals surface area contributed by atoms with E-state index in [4.69, 9.17) is 4.74 Å². The van der Waals surface area contributed by atoms with Gasteiger partial charge in [0.15, 0.2) is 15.5 Å². The highest BCUT2D eigenvalue weighted by Gasteiger charge is 2.16. The lowest BCUT2D eigenvalue weighted by atomic mass is 10.2. The number of hydrogen-bond donors (Lipinski definition) is 2. The summed E-state index contributed by atoms with van der Waals surface area (Å²) in [6, 6.07) is 8.08. The maximum atomic E-state index is 12.4. The third-order valence-electron chi connectivity index (χ3n) is 3.98. The minimum absolute atomic E-state index is 0. The van der Waals surface area contributed by atoms with Gasteiger partial charge < -0.3 is 15.0 Å². The summed E-state index contributed by atoms with van der Waals surface area (Å²) < 4.78 is 28.5. The fourth-order valence-corrected chi connectivity index (χ4v) is 3.29. The lowest BCUT2D eigenvalue weighted by Crippen LogP contribution is -2.25. The van der Waals surface area contributed by atoms with Gasteiger partial charge in [0.05, 0.1) is 16.0 Å². The van der Waals surface area contributed by atoms with Crippen LogP contribution < -0.4 is 5.32 Å². The summed E-state index contributed by atoms with van der Waals surface area (Å²) in [5.41, 5.74) is 1.92. The Bertz CT molecular complexity index is 1080. The van der Waals surface area contributed by atoms with E-state index in [1.54, 1.807) is 25.3 Å². The van der Waals surface area contributed by atoms with E-state index in [2.05, 4.69) is 20.3 Å². The minimum atomic E-state index is -3.33. The Hall–Kier alpha value is -2.49. The van der Waals surface area contributed by atoms with Crippen LogP contribution in [0, 0.1) is 0 Å². The Kier molecular flexibility index (Phi) is 7.11. The number of halogens is 1. The summed E-state index contributed by atoms with van der Waals surface area (Å²) in [7, 11) is -1.72. The Morgan fingerprint density at radius 2 is 2.07 bits per heavy atom. The molecule has 0 aliphatic heterocycles. The number of aromatic nitrogens is 3. The van der Waals surface area contributed by atoms with E-state index in [0.29, 0.717) is 47.7 Å². The highest BCUT2D eigenvalue weighted by Crippen LogP contribution is 2.23. The molecule has 3 aromatic rings. The molecule has 0 atom stereocenters. The number of methoxy groups -OCH3 is 1. The van der Waals surface area contributed by atoms with Crippen molar-refractivity contribution >= 4 is 39.3 Å². The fourth-order valence-electron chi connectivity index (χ4n) is 2.62. The molecule has 8 nitrogen and oxygen atoms in total. The van der Waals surface area contributed by atoms with Crippen LogP contribution >= 0.6 is 12.4 Å². The maximum Gasteiger partial charge on any atom is 0.253 e. The summed E-state index contributed by atoms with van der Waals surface area (Å²) in [6.45, 7) is 1.06. The first-order chi connectivity index (χ1) is 12.9. The third-order valence-corrected chi connectivity index (χ3v) is 5.09. The average Bonchev–Trinajstić information content (AvgIpc) is 3.09. The molecule has 1 amide bonds. The first kappa shape index (κ1) is 21.8. The van der Waals surface area contributed by atoms with Crippen molar-refractivity contribution in [2.24, 2.45) is 0 Å². The molecule has 28 heavy (non-hydrogen) atoms. The van der Waals surface area contributed by atoms with Crippen LogP contribution in [0.3, 0.4) is 0 Å². The number of aromatic amines is 1. The highest BCUT2D eigenvalue weighted by molar-refractivity contribution is 7.90. The number of hydrogen-bond acceptors (Lipinski definition) is 6. The number of H-pyrrole nitrogens is 1. The van der Waals surface area contributed by atoms with Crippen LogP contribution in [-0.4, -0.2) is 55.8 Å². The molecule has 0 aliphatic carbocycles. The molecule has 0 radical (unpaired) electrons. The van der Waals surface area contributed by atoms with Crippen molar-refractivity contribution in [2.45, 2.75) is 11.3 Å². The number of imidazole rings is 1. The number of carbonyl (C=O) groups excluding carboxylic acids is 1. The molecule has 0 saturated heterocycles. The van der Waals surface area contributed by atoms with Crippen LogP contribution in [0.4, 0.5) is 0 Å². The molecule has 10 heteroatoms. The summed E-state index contributed by atoms with van der Waals surface area (Å²) >= 11 is 0. The van der Waals surface area contributed by atoms with Crippen molar-refractivity contribution < 1.29 is 17.9 Å². The van der Waals surface area contributed by atoms with Gasteiger partial charge >= 0.3 is 0 Å². The zero-order valence-electron chi connectivity index (χ0n) is 15.4. The molecule has 1 aromatic carbocycles. The van der Waals surface area contributed by atoms with Crippen LogP contribution in [0.5, 0.6) is 0 Å². The molecule has 2 N–H and O–H groups in total. The fraction of sp³-hybridized carbons (Fsp3) is 0.278. The number of ether oxygens (including phenoxy) is 1. The van der Waals surface area contributed by atoms with Crippen molar-refractivity contribution in [3.63, 3.8) is 0 Å². The first-order valence-corrected chi connectivity index (χ1v) is 10.2. The van der Waals surface area contributed by atoms with E-state index in [0.717, 1.165) is 6.26 Å². The standard InChI is InChI=1S/C18H20N4O4S.ClH/c1-26-10-4-8-20-18(23)14-7-9-19-17-15(14)21-16(22-17)12-5-3-6-13(11-12)27(2,24)25;/h3,5-7,9,11H,4,8,10H2,1-2H3,(H,20,23)(H,19,21,22);1H. The number of pyridine rings is 1. The number of nitrogens with zero attached hydrogens (tertiary/aromatic N) is 2. The van der Waals surface area contributed by atoms with Crippen LogP contribution in [0.25, 0.3) is 22.6 Å². The molecule has 150 valence electrons. The largest absolute Gasteiger partial charge is 0.385 e. The van der Waals surface area contributed by atoms with Crippen LogP contribution in [0.2, 0.25) is 0 Å². The van der Waals surface area contributed by atoms with E-state index in [1.165, 1.54) is 18.3 Å². The summed E-state index contributed by atoms with van der Waals surface area (Å²) in [5.74, 6) is 0.209. The SMILES string of the molecule is COCCCNC(=O)c1ccnc2nc(-c3cccc(S(C)(=O)=O)c3)[nH]c12.Cl. The van der Waals surface area contributed by atoms with Crippen LogP contribution in [0.1, 0.15) is 16.8 Å². The monoisotopic (exact) mass is 424 g/mol. The van der Waals surface area contributed by atoms with Gasteiger partial charge in [0.1, 0.15) is 5.82 Å². The van der Waals surface area contributed by atoms with E-state index < -0.39 is 9.84 Å². The van der Waals surface area contributed by atoms with Crippen molar-refractivity contribution in [3.8, 4) is 11.4 Å². The van der Waals surface area contributed by atoms with Gasteiger partial charge in [-0.3, -0.25) is 4.79 Å². The molecule has 0 saturated carbocycles. The summed E-state index contributed by atoms with van der Waals surface area (Å²) in [5, 5.41) is 2.83. The molecular weight excluding hydrogens is 404 g/mol. The van der Waals surface area contributed by atoms with Gasteiger partial charge in [0, 0.05) is 38.3 Å². The number of rotatable bonds is 7. The molecule has 0 aliphatic rings. The van der Waals surface area contributed by atoms with Crippen molar-refractivity contribution in [3.05, 3.63) is 42.1 Å². The molecule has 0 unspecified atom stereocenters. The van der Waals surface area contributed by atoms with Gasteiger partial charge in [-0.2, -0.15) is 0 Å². The highest BCUT2D eigenvalue weighted by atomic mass is 35.5. The summed E-state index contributed by atoms with van der Waals surface area (Å²) in [4.78, 5) is 24.3. The number of carbonyl (C=O) groups is 1. The molecule has 0 fully saturated rings. The number of sulfone groups is 1. The molecular formula is C18H21ClN4O4S. The second kappa shape index (κ2) is 9.13. The van der Waals surface area contributed by atoms with Crippen molar-refractivity contribution in [2.75, 3.05) is 26.5 Å². The average molecular weight is 425 g/mol. The maximum absolute atomic E-state index is 12.4. The predicted octanol–water partition coefficient (Wildman–Crippen LogP) is 2.22. The zero-order valence-corrected chi connectivity index (χ0v) is 17.1.